The molecule has 0 bridgehead atoms. The molecule has 28 heavy (non-hydrogen) atoms. The zero-order valence-corrected chi connectivity index (χ0v) is 16.9. The van der Waals surface area contributed by atoms with E-state index in [0.717, 1.165) is 65.2 Å². The predicted molar refractivity (Wildman–Crippen MR) is 109 cm³/mol. The molecule has 0 radical (unpaired) electrons. The van der Waals surface area contributed by atoms with Crippen LogP contribution in [0.2, 0.25) is 0 Å². The third-order valence-electron chi connectivity index (χ3n) is 6.59. The Bertz CT molecular complexity index is 702. The van der Waals surface area contributed by atoms with Gasteiger partial charge in [-0.2, -0.15) is 0 Å². The summed E-state index contributed by atoms with van der Waals surface area (Å²) < 4.78 is 0. The van der Waals surface area contributed by atoms with Gasteiger partial charge in [-0.05, 0) is 37.9 Å². The Labute approximate surface area is 167 Å². The molecule has 3 saturated heterocycles. The number of nitrogens with zero attached hydrogens (tertiary/aromatic N) is 3. The highest BCUT2D eigenvalue weighted by Gasteiger charge is 2.53. The molecule has 6 nitrogen and oxygen atoms in total. The van der Waals surface area contributed by atoms with Gasteiger partial charge in [-0.1, -0.05) is 37.3 Å². The Balaban J connectivity index is 1.33. The lowest BCUT2D eigenvalue weighted by Crippen LogP contribution is -2.53. The van der Waals surface area contributed by atoms with Crippen LogP contribution in [0.25, 0.3) is 0 Å². The van der Waals surface area contributed by atoms with Crippen LogP contribution in [0, 0.1) is 5.41 Å². The summed E-state index contributed by atoms with van der Waals surface area (Å²) in [7, 11) is 0. The maximum absolute atomic E-state index is 13.0. The molecule has 4 rings (SSSR count). The first-order valence-electron chi connectivity index (χ1n) is 10.7. The molecule has 6 heteroatoms. The molecule has 0 aromatic heterocycles. The van der Waals surface area contributed by atoms with Gasteiger partial charge in [0.2, 0.25) is 11.8 Å². The normalized spacial score (nSPS) is 28.8. The zero-order valence-electron chi connectivity index (χ0n) is 16.9. The van der Waals surface area contributed by atoms with Crippen molar-refractivity contribution in [1.29, 1.82) is 0 Å². The van der Waals surface area contributed by atoms with Crippen LogP contribution < -0.4 is 5.32 Å². The number of hydrogen-bond acceptors (Lipinski definition) is 4. The van der Waals surface area contributed by atoms with Crippen molar-refractivity contribution >= 4 is 11.8 Å². The van der Waals surface area contributed by atoms with E-state index in [1.165, 1.54) is 5.56 Å². The van der Waals surface area contributed by atoms with Crippen LogP contribution in [0.4, 0.5) is 0 Å². The highest BCUT2D eigenvalue weighted by atomic mass is 16.2. The minimum Gasteiger partial charge on any atom is -0.344 e. The van der Waals surface area contributed by atoms with E-state index < -0.39 is 0 Å². The molecule has 1 aromatic carbocycles. The molecule has 0 saturated carbocycles. The van der Waals surface area contributed by atoms with Crippen molar-refractivity contribution in [3.8, 4) is 0 Å². The number of likely N-dealkylation sites (tertiary alicyclic amines) is 1. The van der Waals surface area contributed by atoms with E-state index in [4.69, 9.17) is 0 Å². The van der Waals surface area contributed by atoms with Gasteiger partial charge in [0.05, 0.1) is 5.41 Å². The molecule has 1 N–H and O–H groups in total. The second-order valence-electron chi connectivity index (χ2n) is 8.62. The molecule has 0 unspecified atom stereocenters. The second-order valence-corrected chi connectivity index (χ2v) is 8.62. The summed E-state index contributed by atoms with van der Waals surface area (Å²) in [5.41, 5.74) is 0.884. The monoisotopic (exact) mass is 384 g/mol. The van der Waals surface area contributed by atoms with Crippen LogP contribution in [-0.4, -0.2) is 78.4 Å². The molecule has 3 heterocycles. The number of rotatable bonds is 5. The summed E-state index contributed by atoms with van der Waals surface area (Å²) in [6, 6.07) is 10.0. The van der Waals surface area contributed by atoms with Crippen molar-refractivity contribution in [2.45, 2.75) is 38.8 Å². The van der Waals surface area contributed by atoms with Gasteiger partial charge in [-0.25, -0.2) is 0 Å². The van der Waals surface area contributed by atoms with Crippen LogP contribution in [0.5, 0.6) is 0 Å². The largest absolute Gasteiger partial charge is 0.344 e. The molecule has 2 amide bonds. The minimum atomic E-state index is -0.390. The van der Waals surface area contributed by atoms with Gasteiger partial charge >= 0.3 is 0 Å². The van der Waals surface area contributed by atoms with Crippen LogP contribution in [0.3, 0.4) is 0 Å². The Morgan fingerprint density at radius 3 is 2.57 bits per heavy atom. The topological polar surface area (TPSA) is 55.9 Å². The minimum absolute atomic E-state index is 0.0750. The molecule has 1 aromatic rings. The van der Waals surface area contributed by atoms with Crippen molar-refractivity contribution in [3.63, 3.8) is 0 Å². The van der Waals surface area contributed by atoms with Gasteiger partial charge in [0.15, 0.2) is 0 Å². The maximum atomic E-state index is 13.0. The quantitative estimate of drug-likeness (QED) is 0.832. The lowest BCUT2D eigenvalue weighted by atomic mass is 9.83. The Morgan fingerprint density at radius 2 is 1.86 bits per heavy atom. The smallest absolute Gasteiger partial charge is 0.245 e. The molecule has 3 aliphatic heterocycles. The molecule has 0 aliphatic carbocycles. The predicted octanol–water partition coefficient (Wildman–Crippen LogP) is 1.32. The molecule has 1 spiro atoms. The van der Waals surface area contributed by atoms with Gasteiger partial charge < -0.3 is 10.2 Å². The number of nitrogens with one attached hydrogen (secondary N) is 1. The Hall–Kier alpha value is -1.92. The highest BCUT2D eigenvalue weighted by molar-refractivity contribution is 5.94. The average molecular weight is 385 g/mol. The fourth-order valence-corrected chi connectivity index (χ4v) is 5.01. The summed E-state index contributed by atoms with van der Waals surface area (Å²) in [6.45, 7) is 9.26. The number of benzene rings is 1. The van der Waals surface area contributed by atoms with E-state index in [-0.39, 0.29) is 23.3 Å². The van der Waals surface area contributed by atoms with Crippen molar-refractivity contribution in [1.82, 2.24) is 20.0 Å². The van der Waals surface area contributed by atoms with Gasteiger partial charge in [0.1, 0.15) is 6.04 Å². The van der Waals surface area contributed by atoms with Crippen LogP contribution >= 0.6 is 0 Å². The number of carbonyl (C=O) groups excluding carboxylic acids is 2. The summed E-state index contributed by atoms with van der Waals surface area (Å²) in [5.74, 6) is 0.189. The molecular formula is C22H32N4O2. The molecule has 3 aliphatic rings. The summed E-state index contributed by atoms with van der Waals surface area (Å²) >= 11 is 0. The SMILES string of the molecule is CCCN1CCN(C(=O)[C@@H]2C[C@]3(CCN(Cc4ccccc4)C3)C(=O)N2)CC1. The van der Waals surface area contributed by atoms with E-state index in [0.29, 0.717) is 6.42 Å². The highest BCUT2D eigenvalue weighted by Crippen LogP contribution is 2.40. The van der Waals surface area contributed by atoms with Gasteiger partial charge in [-0.3, -0.25) is 19.4 Å². The third-order valence-corrected chi connectivity index (χ3v) is 6.59. The number of amides is 2. The fourth-order valence-electron chi connectivity index (χ4n) is 5.01. The van der Waals surface area contributed by atoms with Crippen LogP contribution in [0.1, 0.15) is 31.7 Å². The van der Waals surface area contributed by atoms with Gasteiger partial charge in [-0.15, -0.1) is 0 Å². The van der Waals surface area contributed by atoms with Gasteiger partial charge in [0, 0.05) is 39.3 Å². The van der Waals surface area contributed by atoms with Crippen molar-refractivity contribution in [2.75, 3.05) is 45.8 Å². The summed E-state index contributed by atoms with van der Waals surface area (Å²) in [5, 5.41) is 3.03. The first kappa shape index (κ1) is 19.4. The number of hydrogen-bond donors (Lipinski definition) is 1. The van der Waals surface area contributed by atoms with Crippen LogP contribution in [0.15, 0.2) is 30.3 Å². The standard InChI is InChI=1S/C22H32N4O2/c1-2-9-24-11-13-26(14-12-24)20(27)19-15-22(21(28)23-19)8-10-25(17-22)16-18-6-4-3-5-7-18/h3-7,19H,2,8-17H2,1H3,(H,23,28)/t19-,22-/m0/s1. The Kier molecular flexibility index (Phi) is 5.69. The summed E-state index contributed by atoms with van der Waals surface area (Å²) in [6.07, 6.45) is 2.64. The first-order valence-corrected chi connectivity index (χ1v) is 10.7. The lowest BCUT2D eigenvalue weighted by molar-refractivity contribution is -0.136. The maximum Gasteiger partial charge on any atom is 0.245 e. The Morgan fingerprint density at radius 1 is 1.11 bits per heavy atom. The molecule has 152 valence electrons. The fraction of sp³-hybridized carbons (Fsp3) is 0.636. The van der Waals surface area contributed by atoms with E-state index in [9.17, 15) is 9.59 Å². The molecule has 3 fully saturated rings. The summed E-state index contributed by atoms with van der Waals surface area (Å²) in [4.78, 5) is 32.5. The van der Waals surface area contributed by atoms with Crippen molar-refractivity contribution in [2.24, 2.45) is 5.41 Å². The second kappa shape index (κ2) is 8.21. The zero-order chi connectivity index (χ0) is 19.6. The molecular weight excluding hydrogens is 352 g/mol. The van der Waals surface area contributed by atoms with Crippen molar-refractivity contribution < 1.29 is 9.59 Å². The van der Waals surface area contributed by atoms with Crippen LogP contribution in [-0.2, 0) is 16.1 Å². The molecule has 2 atom stereocenters. The first-order chi connectivity index (χ1) is 13.6. The van der Waals surface area contributed by atoms with E-state index in [1.807, 2.05) is 11.0 Å². The lowest BCUT2D eigenvalue weighted by Gasteiger charge is -2.35. The van der Waals surface area contributed by atoms with E-state index in [2.05, 4.69) is 46.3 Å². The number of carbonyl (C=O) groups is 2. The number of piperazine rings is 1. The van der Waals surface area contributed by atoms with E-state index >= 15 is 0 Å². The van der Waals surface area contributed by atoms with Gasteiger partial charge in [0.25, 0.3) is 0 Å². The van der Waals surface area contributed by atoms with Crippen molar-refractivity contribution in [3.05, 3.63) is 35.9 Å². The van der Waals surface area contributed by atoms with E-state index in [1.54, 1.807) is 0 Å². The third kappa shape index (κ3) is 3.94. The average Bonchev–Trinajstić information content (AvgIpc) is 3.26.